The van der Waals surface area contributed by atoms with Crippen LogP contribution in [0.25, 0.3) is 10.9 Å². The van der Waals surface area contributed by atoms with E-state index < -0.39 is 0 Å². The van der Waals surface area contributed by atoms with Crippen molar-refractivity contribution in [3.8, 4) is 5.75 Å². The van der Waals surface area contributed by atoms with Gasteiger partial charge in [-0.3, -0.25) is 4.98 Å². The molecule has 3 aromatic carbocycles. The summed E-state index contributed by atoms with van der Waals surface area (Å²) in [7, 11) is 0. The normalized spacial score (nSPS) is 10.6. The third kappa shape index (κ3) is 3.13. The number of aryl methyl sites for hydroxylation is 1. The predicted molar refractivity (Wildman–Crippen MR) is 105 cm³/mol. The molecule has 0 spiro atoms. The van der Waals surface area contributed by atoms with Crippen LogP contribution < -0.4 is 15.6 Å². The van der Waals surface area contributed by atoms with Crippen LogP contribution in [0.1, 0.15) is 5.56 Å². The number of aromatic nitrogens is 1. The molecule has 1 aromatic heterocycles. The Morgan fingerprint density at radius 2 is 1.52 bits per heavy atom. The van der Waals surface area contributed by atoms with Gasteiger partial charge in [0.25, 0.3) is 0 Å². The van der Waals surface area contributed by atoms with Crippen LogP contribution in [0.15, 0.2) is 91.1 Å². The summed E-state index contributed by atoms with van der Waals surface area (Å²) in [5.41, 5.74) is 4.40. The van der Waals surface area contributed by atoms with Gasteiger partial charge >= 0.3 is 6.92 Å². The predicted octanol–water partition coefficient (Wildman–Crippen LogP) is 3.73. The van der Waals surface area contributed by atoms with E-state index in [1.54, 1.807) is 6.20 Å². The Morgan fingerprint density at radius 3 is 2.36 bits per heavy atom. The van der Waals surface area contributed by atoms with Gasteiger partial charge in [-0.25, -0.2) is 0 Å². The summed E-state index contributed by atoms with van der Waals surface area (Å²) in [4.78, 5) is 4.52. The Balaban J connectivity index is 1.83. The van der Waals surface area contributed by atoms with Gasteiger partial charge in [-0.2, -0.15) is 0 Å². The molecule has 0 fully saturated rings. The molecule has 4 aromatic rings. The summed E-state index contributed by atoms with van der Waals surface area (Å²) >= 11 is 0. The Kier molecular flexibility index (Phi) is 4.22. The van der Waals surface area contributed by atoms with Crippen LogP contribution >= 0.6 is 0 Å². The highest BCUT2D eigenvalue weighted by molar-refractivity contribution is 6.81. The highest BCUT2D eigenvalue weighted by Gasteiger charge is 2.25. The number of rotatable bonds is 4. The molecule has 4 rings (SSSR count). The van der Waals surface area contributed by atoms with Gasteiger partial charge in [0.1, 0.15) is 11.3 Å². The molecule has 0 radical (unpaired) electrons. The lowest BCUT2D eigenvalue weighted by Gasteiger charge is -2.19. The fourth-order valence-electron chi connectivity index (χ4n) is 3.12. The van der Waals surface area contributed by atoms with E-state index in [1.165, 1.54) is 11.0 Å². The SMILES string of the molecule is Cc1ccccc1B(Oc1cccc2cccnc12)c1ccccc1. The van der Waals surface area contributed by atoms with Crippen LogP contribution in [0.3, 0.4) is 0 Å². The van der Waals surface area contributed by atoms with Gasteiger partial charge in [0, 0.05) is 11.6 Å². The van der Waals surface area contributed by atoms with Crippen LogP contribution in [0.2, 0.25) is 0 Å². The fourth-order valence-corrected chi connectivity index (χ4v) is 3.12. The molecule has 0 unspecified atom stereocenters. The number of fused-ring (bicyclic) bond motifs is 1. The van der Waals surface area contributed by atoms with Crippen LogP contribution in [0.5, 0.6) is 5.75 Å². The van der Waals surface area contributed by atoms with E-state index in [2.05, 4.69) is 60.4 Å². The molecule has 0 aliphatic rings. The molecule has 0 saturated heterocycles. The van der Waals surface area contributed by atoms with Crippen molar-refractivity contribution in [1.29, 1.82) is 0 Å². The molecule has 25 heavy (non-hydrogen) atoms. The van der Waals surface area contributed by atoms with Gasteiger partial charge in [-0.1, -0.05) is 78.4 Å². The molecular weight excluding hydrogens is 305 g/mol. The number of para-hydroxylation sites is 1. The second kappa shape index (κ2) is 6.82. The average molecular weight is 323 g/mol. The van der Waals surface area contributed by atoms with Crippen LogP contribution in [-0.2, 0) is 0 Å². The zero-order chi connectivity index (χ0) is 17.1. The number of hydrogen-bond acceptors (Lipinski definition) is 2. The molecule has 0 aliphatic heterocycles. The fraction of sp³-hybridized carbons (Fsp3) is 0.0455. The quantitative estimate of drug-likeness (QED) is 0.534. The largest absolute Gasteiger partial charge is 0.550 e. The highest BCUT2D eigenvalue weighted by Crippen LogP contribution is 2.23. The number of nitrogens with zero attached hydrogens (tertiary/aromatic N) is 1. The molecular formula is C22H18BNO. The summed E-state index contributed by atoms with van der Waals surface area (Å²) in [6, 6.07) is 28.8. The average Bonchev–Trinajstić information content (AvgIpc) is 2.68. The summed E-state index contributed by atoms with van der Waals surface area (Å²) in [6.45, 7) is 1.95. The maximum atomic E-state index is 6.52. The Morgan fingerprint density at radius 1 is 0.760 bits per heavy atom. The minimum absolute atomic E-state index is 0.171. The molecule has 0 bridgehead atoms. The first kappa shape index (κ1) is 15.5. The van der Waals surface area contributed by atoms with Crippen molar-refractivity contribution in [2.24, 2.45) is 0 Å². The minimum atomic E-state index is -0.171. The van der Waals surface area contributed by atoms with Crippen molar-refractivity contribution in [1.82, 2.24) is 4.98 Å². The maximum absolute atomic E-state index is 6.52. The summed E-state index contributed by atoms with van der Waals surface area (Å²) in [5.74, 6) is 0.801. The van der Waals surface area contributed by atoms with Crippen LogP contribution in [-0.4, -0.2) is 11.9 Å². The van der Waals surface area contributed by atoms with Crippen LogP contribution in [0, 0.1) is 6.92 Å². The zero-order valence-electron chi connectivity index (χ0n) is 14.1. The van der Waals surface area contributed by atoms with Gasteiger partial charge in [-0.15, -0.1) is 0 Å². The zero-order valence-corrected chi connectivity index (χ0v) is 14.1. The summed E-state index contributed by atoms with van der Waals surface area (Å²) < 4.78 is 6.52. The maximum Gasteiger partial charge on any atom is 0.426 e. The highest BCUT2D eigenvalue weighted by atomic mass is 16.4. The third-order valence-corrected chi connectivity index (χ3v) is 4.41. The summed E-state index contributed by atoms with van der Waals surface area (Å²) in [6.07, 6.45) is 1.81. The van der Waals surface area contributed by atoms with Gasteiger partial charge in [-0.05, 0) is 30.0 Å². The summed E-state index contributed by atoms with van der Waals surface area (Å²) in [5, 5.41) is 1.08. The molecule has 3 heteroatoms. The monoisotopic (exact) mass is 323 g/mol. The van der Waals surface area contributed by atoms with Crippen molar-refractivity contribution in [2.75, 3.05) is 0 Å². The van der Waals surface area contributed by atoms with E-state index in [0.29, 0.717) is 0 Å². The van der Waals surface area contributed by atoms with E-state index in [1.807, 2.05) is 36.4 Å². The second-order valence-electron chi connectivity index (χ2n) is 6.10. The van der Waals surface area contributed by atoms with Gasteiger partial charge in [0.2, 0.25) is 0 Å². The molecule has 0 saturated carbocycles. The Bertz CT molecular complexity index is 995. The number of pyridine rings is 1. The van der Waals surface area contributed by atoms with Crippen molar-refractivity contribution in [3.05, 3.63) is 96.7 Å². The number of hydrogen-bond donors (Lipinski definition) is 0. The van der Waals surface area contributed by atoms with E-state index in [4.69, 9.17) is 4.65 Å². The molecule has 0 amide bonds. The molecule has 0 atom stereocenters. The van der Waals surface area contributed by atoms with E-state index in [9.17, 15) is 0 Å². The lowest BCUT2D eigenvalue weighted by molar-refractivity contribution is 0.597. The van der Waals surface area contributed by atoms with E-state index in [0.717, 1.165) is 22.1 Å². The minimum Gasteiger partial charge on any atom is -0.550 e. The molecule has 120 valence electrons. The second-order valence-corrected chi connectivity index (χ2v) is 6.10. The molecule has 2 nitrogen and oxygen atoms in total. The smallest absolute Gasteiger partial charge is 0.426 e. The lowest BCUT2D eigenvalue weighted by Crippen LogP contribution is -2.48. The first-order valence-electron chi connectivity index (χ1n) is 8.44. The first-order chi connectivity index (χ1) is 12.3. The molecule has 0 aliphatic carbocycles. The third-order valence-electron chi connectivity index (χ3n) is 4.41. The standard InChI is InChI=1S/C22H18BNO/c1-17-9-5-6-14-20(17)23(19-12-3-2-4-13-19)25-21-15-7-10-18-11-8-16-24-22(18)21/h2-16H,1H3. The molecule has 0 N–H and O–H groups in total. The van der Waals surface area contributed by atoms with Gasteiger partial charge < -0.3 is 4.65 Å². The molecule has 1 heterocycles. The Labute approximate surface area is 148 Å². The lowest BCUT2D eigenvalue weighted by atomic mass is 9.54. The van der Waals surface area contributed by atoms with E-state index >= 15 is 0 Å². The first-order valence-corrected chi connectivity index (χ1v) is 8.44. The van der Waals surface area contributed by atoms with Crippen molar-refractivity contribution in [3.63, 3.8) is 0 Å². The van der Waals surface area contributed by atoms with Gasteiger partial charge in [0.05, 0.1) is 0 Å². The van der Waals surface area contributed by atoms with Crippen molar-refractivity contribution >= 4 is 28.7 Å². The van der Waals surface area contributed by atoms with Crippen molar-refractivity contribution in [2.45, 2.75) is 6.92 Å². The van der Waals surface area contributed by atoms with Crippen molar-refractivity contribution < 1.29 is 4.65 Å². The Hall–Kier alpha value is -3.07. The topological polar surface area (TPSA) is 22.1 Å². The van der Waals surface area contributed by atoms with Gasteiger partial charge in [0.15, 0.2) is 0 Å². The van der Waals surface area contributed by atoms with E-state index in [-0.39, 0.29) is 6.92 Å². The van der Waals surface area contributed by atoms with Crippen LogP contribution in [0.4, 0.5) is 0 Å². The number of benzene rings is 3.